The van der Waals surface area contributed by atoms with Gasteiger partial charge in [0.1, 0.15) is 0 Å². The molecule has 0 aromatic rings. The standard InChI is InChI=1S/C22H32O2/c1-2-3-4-5-6-7-8-9-10-11-12-13-14-15-16-17-18-19-20-21-22(23)24/h2,4-5,7-8,10-11,13-14,20-21H,1,3,6,9,12,15-19H2,(H,23,24)/b5-4?,8-7?,11-10?,14-13?,21-20-. The van der Waals surface area contributed by atoms with Gasteiger partial charge >= 0.3 is 5.97 Å². The number of unbranched alkanes of at least 4 members (excludes halogenated alkanes) is 4. The van der Waals surface area contributed by atoms with E-state index in [1.54, 1.807) is 6.08 Å². The van der Waals surface area contributed by atoms with E-state index in [4.69, 9.17) is 5.11 Å². The highest BCUT2D eigenvalue weighted by atomic mass is 16.4. The van der Waals surface area contributed by atoms with E-state index in [1.807, 2.05) is 6.08 Å². The maximum Gasteiger partial charge on any atom is 0.327 e. The molecule has 0 amide bonds. The first kappa shape index (κ1) is 21.9. The zero-order valence-corrected chi connectivity index (χ0v) is 14.8. The van der Waals surface area contributed by atoms with Crippen molar-refractivity contribution in [2.24, 2.45) is 0 Å². The van der Waals surface area contributed by atoms with Crippen LogP contribution < -0.4 is 0 Å². The van der Waals surface area contributed by atoms with Gasteiger partial charge in [-0.25, -0.2) is 4.79 Å². The van der Waals surface area contributed by atoms with Gasteiger partial charge in [0.2, 0.25) is 0 Å². The van der Waals surface area contributed by atoms with Gasteiger partial charge in [0.25, 0.3) is 0 Å². The van der Waals surface area contributed by atoms with Gasteiger partial charge in [-0.05, 0) is 51.4 Å². The monoisotopic (exact) mass is 328 g/mol. The van der Waals surface area contributed by atoms with E-state index in [0.29, 0.717) is 0 Å². The van der Waals surface area contributed by atoms with Gasteiger partial charge < -0.3 is 5.11 Å². The third-order valence-electron chi connectivity index (χ3n) is 3.29. The Morgan fingerprint density at radius 1 is 0.667 bits per heavy atom. The Morgan fingerprint density at radius 3 is 1.62 bits per heavy atom. The topological polar surface area (TPSA) is 37.3 Å². The van der Waals surface area contributed by atoms with Crippen molar-refractivity contribution in [3.05, 3.63) is 73.4 Å². The van der Waals surface area contributed by atoms with Crippen LogP contribution in [0.5, 0.6) is 0 Å². The molecule has 2 heteroatoms. The average molecular weight is 328 g/mol. The molecule has 0 aliphatic rings. The number of hydrogen-bond acceptors (Lipinski definition) is 1. The van der Waals surface area contributed by atoms with Gasteiger partial charge in [0, 0.05) is 6.08 Å². The fourth-order valence-corrected chi connectivity index (χ4v) is 2.01. The molecule has 0 atom stereocenters. The molecule has 0 fully saturated rings. The minimum atomic E-state index is -0.859. The van der Waals surface area contributed by atoms with Crippen LogP contribution in [-0.2, 0) is 4.79 Å². The highest BCUT2D eigenvalue weighted by molar-refractivity contribution is 5.79. The van der Waals surface area contributed by atoms with Gasteiger partial charge in [-0.2, -0.15) is 0 Å². The first-order valence-corrected chi connectivity index (χ1v) is 8.87. The molecular weight excluding hydrogens is 296 g/mol. The van der Waals surface area contributed by atoms with Crippen LogP contribution in [0.25, 0.3) is 0 Å². The van der Waals surface area contributed by atoms with Crippen LogP contribution in [0, 0.1) is 0 Å². The first-order valence-electron chi connectivity index (χ1n) is 8.87. The summed E-state index contributed by atoms with van der Waals surface area (Å²) in [7, 11) is 0. The van der Waals surface area contributed by atoms with E-state index in [1.165, 1.54) is 12.5 Å². The number of carbonyl (C=O) groups is 1. The van der Waals surface area contributed by atoms with Crippen LogP contribution >= 0.6 is 0 Å². The van der Waals surface area contributed by atoms with Crippen molar-refractivity contribution < 1.29 is 9.90 Å². The molecule has 0 radical (unpaired) electrons. The van der Waals surface area contributed by atoms with Gasteiger partial charge in [0.15, 0.2) is 0 Å². The van der Waals surface area contributed by atoms with Crippen LogP contribution in [0.2, 0.25) is 0 Å². The Bertz CT molecular complexity index is 451. The summed E-state index contributed by atoms with van der Waals surface area (Å²) in [4.78, 5) is 10.3. The second kappa shape index (κ2) is 19.0. The van der Waals surface area contributed by atoms with Crippen molar-refractivity contribution in [3.63, 3.8) is 0 Å². The molecule has 2 nitrogen and oxygen atoms in total. The Balaban J connectivity index is 3.40. The molecule has 0 aromatic heterocycles. The summed E-state index contributed by atoms with van der Waals surface area (Å²) < 4.78 is 0. The second-order valence-electron chi connectivity index (χ2n) is 5.50. The van der Waals surface area contributed by atoms with E-state index in [9.17, 15) is 4.79 Å². The fraction of sp³-hybridized carbons (Fsp3) is 0.409. The number of rotatable bonds is 15. The number of carboxylic acid groups (broad SMARTS) is 1. The maximum atomic E-state index is 10.3. The van der Waals surface area contributed by atoms with Crippen LogP contribution in [0.3, 0.4) is 0 Å². The molecule has 0 aliphatic heterocycles. The lowest BCUT2D eigenvalue weighted by atomic mass is 10.1. The fourth-order valence-electron chi connectivity index (χ4n) is 2.01. The van der Waals surface area contributed by atoms with Gasteiger partial charge in [-0.1, -0.05) is 67.2 Å². The summed E-state index contributed by atoms with van der Waals surface area (Å²) in [5, 5.41) is 8.45. The van der Waals surface area contributed by atoms with E-state index in [2.05, 4.69) is 55.2 Å². The normalized spacial score (nSPS) is 12.5. The molecule has 0 heterocycles. The van der Waals surface area contributed by atoms with Crippen LogP contribution in [-0.4, -0.2) is 11.1 Å². The number of hydrogen-bond donors (Lipinski definition) is 1. The van der Waals surface area contributed by atoms with Crippen molar-refractivity contribution in [2.75, 3.05) is 0 Å². The molecule has 1 N–H and O–H groups in total. The van der Waals surface area contributed by atoms with Crippen molar-refractivity contribution in [1.82, 2.24) is 0 Å². The maximum absolute atomic E-state index is 10.3. The molecule has 0 saturated heterocycles. The Hall–Kier alpha value is -2.09. The summed E-state index contributed by atoms with van der Waals surface area (Å²) in [6.45, 7) is 3.68. The highest BCUT2D eigenvalue weighted by Gasteiger charge is 1.87. The SMILES string of the molecule is C=CCC=CCC=CCC=CCC=CCCCCC/C=C\C(=O)O. The second-order valence-corrected chi connectivity index (χ2v) is 5.50. The number of carboxylic acids is 1. The van der Waals surface area contributed by atoms with Crippen molar-refractivity contribution in [2.45, 2.75) is 57.8 Å². The molecule has 132 valence electrons. The number of aliphatic carboxylic acids is 1. The van der Waals surface area contributed by atoms with Crippen LogP contribution in [0.1, 0.15) is 57.8 Å². The smallest absolute Gasteiger partial charge is 0.327 e. The Morgan fingerprint density at radius 2 is 1.12 bits per heavy atom. The summed E-state index contributed by atoms with van der Waals surface area (Å²) >= 11 is 0. The number of allylic oxidation sites excluding steroid dienone is 10. The molecule has 0 saturated carbocycles. The van der Waals surface area contributed by atoms with Crippen molar-refractivity contribution >= 4 is 5.97 Å². The molecule has 0 bridgehead atoms. The summed E-state index contributed by atoms with van der Waals surface area (Å²) in [5.74, 6) is -0.859. The molecule has 0 aromatic carbocycles. The Labute approximate surface area is 147 Å². The molecule has 24 heavy (non-hydrogen) atoms. The van der Waals surface area contributed by atoms with Crippen molar-refractivity contribution in [1.29, 1.82) is 0 Å². The molecule has 0 spiro atoms. The predicted octanol–water partition coefficient (Wildman–Crippen LogP) is 6.55. The zero-order valence-electron chi connectivity index (χ0n) is 14.8. The third-order valence-corrected chi connectivity index (χ3v) is 3.29. The third kappa shape index (κ3) is 19.9. The minimum absolute atomic E-state index is 0.857. The molecular formula is C22H32O2. The van der Waals surface area contributed by atoms with Crippen LogP contribution in [0.15, 0.2) is 73.4 Å². The summed E-state index contributed by atoms with van der Waals surface area (Å²) in [6.07, 6.45) is 31.6. The van der Waals surface area contributed by atoms with E-state index < -0.39 is 5.97 Å². The predicted molar refractivity (Wildman–Crippen MR) is 105 cm³/mol. The molecule has 0 rings (SSSR count). The average Bonchev–Trinajstić information content (AvgIpc) is 2.56. The lowest BCUT2D eigenvalue weighted by Gasteiger charge is -1.94. The van der Waals surface area contributed by atoms with Crippen LogP contribution in [0.4, 0.5) is 0 Å². The lowest BCUT2D eigenvalue weighted by Crippen LogP contribution is -1.85. The minimum Gasteiger partial charge on any atom is -0.478 e. The highest BCUT2D eigenvalue weighted by Crippen LogP contribution is 2.05. The molecule has 0 aliphatic carbocycles. The van der Waals surface area contributed by atoms with Gasteiger partial charge in [-0.3, -0.25) is 0 Å². The quantitative estimate of drug-likeness (QED) is 0.210. The van der Waals surface area contributed by atoms with Gasteiger partial charge in [0.05, 0.1) is 0 Å². The zero-order chi connectivity index (χ0) is 17.7. The largest absolute Gasteiger partial charge is 0.478 e. The molecule has 0 unspecified atom stereocenters. The van der Waals surface area contributed by atoms with E-state index in [0.717, 1.165) is 51.4 Å². The van der Waals surface area contributed by atoms with Gasteiger partial charge in [-0.15, -0.1) is 6.58 Å². The first-order chi connectivity index (χ1) is 11.8. The van der Waals surface area contributed by atoms with E-state index in [-0.39, 0.29) is 0 Å². The Kier molecular flexibility index (Phi) is 17.3. The summed E-state index contributed by atoms with van der Waals surface area (Å²) in [6, 6.07) is 0. The van der Waals surface area contributed by atoms with Crippen molar-refractivity contribution in [3.8, 4) is 0 Å². The summed E-state index contributed by atoms with van der Waals surface area (Å²) in [5.41, 5.74) is 0. The lowest BCUT2D eigenvalue weighted by molar-refractivity contribution is -0.131. The van der Waals surface area contributed by atoms with E-state index >= 15 is 0 Å².